The molecule has 21 heavy (non-hydrogen) atoms. The van der Waals surface area contributed by atoms with Crippen LogP contribution in [-0.4, -0.2) is 17.8 Å². The zero-order valence-electron chi connectivity index (χ0n) is 12.1. The fourth-order valence-corrected chi connectivity index (χ4v) is 2.59. The zero-order chi connectivity index (χ0) is 15.5. The van der Waals surface area contributed by atoms with E-state index in [2.05, 4.69) is 0 Å². The van der Waals surface area contributed by atoms with Crippen molar-refractivity contribution in [2.45, 2.75) is 25.4 Å². The number of aliphatic hydroxyl groups is 1. The molecular weight excluding hydrogens is 291 g/mol. The van der Waals surface area contributed by atoms with Gasteiger partial charge in [0.15, 0.2) is 0 Å². The van der Waals surface area contributed by atoms with Crippen molar-refractivity contribution < 1.29 is 14.2 Å². The third-order valence-corrected chi connectivity index (χ3v) is 3.55. The van der Waals surface area contributed by atoms with Gasteiger partial charge in [-0.2, -0.15) is 0 Å². The fraction of sp³-hybridized carbons (Fsp3) is 0.294. The monoisotopic (exact) mass is 308 g/mol. The predicted molar refractivity (Wildman–Crippen MR) is 82.4 cm³/mol. The molecule has 0 saturated carbocycles. The van der Waals surface area contributed by atoms with Crippen LogP contribution in [0.4, 0.5) is 4.39 Å². The van der Waals surface area contributed by atoms with Crippen LogP contribution in [0.2, 0.25) is 5.02 Å². The van der Waals surface area contributed by atoms with E-state index in [0.717, 1.165) is 11.1 Å². The SMILES string of the molecule is COc1ccc(Cl)cc1CC(C)(O)Cc1ccc(F)cc1. The normalized spacial score (nSPS) is 13.8. The van der Waals surface area contributed by atoms with E-state index in [-0.39, 0.29) is 5.82 Å². The number of methoxy groups -OCH3 is 1. The molecule has 1 unspecified atom stereocenters. The standard InChI is InChI=1S/C17H18ClFO2/c1-17(20,10-12-3-6-15(19)7-4-12)11-13-9-14(18)5-8-16(13)21-2/h3-9,20H,10-11H2,1-2H3. The van der Waals surface area contributed by atoms with E-state index in [1.54, 1.807) is 44.4 Å². The predicted octanol–water partition coefficient (Wildman–Crippen LogP) is 4.02. The first kappa shape index (κ1) is 15.8. The summed E-state index contributed by atoms with van der Waals surface area (Å²) in [4.78, 5) is 0. The molecule has 0 amide bonds. The van der Waals surface area contributed by atoms with Crippen LogP contribution in [0.3, 0.4) is 0 Å². The first-order valence-electron chi connectivity index (χ1n) is 6.69. The Morgan fingerprint density at radius 2 is 1.81 bits per heavy atom. The lowest BCUT2D eigenvalue weighted by Crippen LogP contribution is -2.30. The van der Waals surface area contributed by atoms with Crippen molar-refractivity contribution in [1.29, 1.82) is 0 Å². The summed E-state index contributed by atoms with van der Waals surface area (Å²) in [6.07, 6.45) is 0.817. The van der Waals surface area contributed by atoms with Crippen LogP contribution in [0, 0.1) is 5.82 Å². The average Bonchev–Trinajstić information content (AvgIpc) is 2.41. The summed E-state index contributed by atoms with van der Waals surface area (Å²) < 4.78 is 18.2. The Balaban J connectivity index is 2.16. The molecule has 2 aromatic carbocycles. The summed E-state index contributed by atoms with van der Waals surface area (Å²) in [6, 6.07) is 11.5. The molecular formula is C17H18ClFO2. The summed E-state index contributed by atoms with van der Waals surface area (Å²) in [6.45, 7) is 1.75. The Labute approximate surface area is 129 Å². The second-order valence-electron chi connectivity index (χ2n) is 5.43. The first-order chi connectivity index (χ1) is 9.89. The van der Waals surface area contributed by atoms with Crippen molar-refractivity contribution in [2.75, 3.05) is 7.11 Å². The number of halogens is 2. The maximum absolute atomic E-state index is 12.9. The molecule has 0 bridgehead atoms. The molecule has 0 aliphatic rings. The molecule has 0 saturated heterocycles. The molecule has 1 atom stereocenters. The second kappa shape index (κ2) is 6.46. The lowest BCUT2D eigenvalue weighted by molar-refractivity contribution is 0.0602. The highest BCUT2D eigenvalue weighted by Crippen LogP contribution is 2.28. The molecule has 2 nitrogen and oxygen atoms in total. The van der Waals surface area contributed by atoms with Crippen molar-refractivity contribution >= 4 is 11.6 Å². The summed E-state index contributed by atoms with van der Waals surface area (Å²) >= 11 is 6.00. The van der Waals surface area contributed by atoms with Crippen molar-refractivity contribution in [2.24, 2.45) is 0 Å². The van der Waals surface area contributed by atoms with E-state index >= 15 is 0 Å². The van der Waals surface area contributed by atoms with Crippen LogP contribution in [-0.2, 0) is 12.8 Å². The van der Waals surface area contributed by atoms with E-state index in [0.29, 0.717) is 23.6 Å². The fourth-order valence-electron chi connectivity index (χ4n) is 2.40. The molecule has 0 aromatic heterocycles. The molecule has 2 aromatic rings. The van der Waals surface area contributed by atoms with Crippen LogP contribution in [0.25, 0.3) is 0 Å². The third-order valence-electron chi connectivity index (χ3n) is 3.31. The summed E-state index contributed by atoms with van der Waals surface area (Å²) in [5.74, 6) is 0.411. The smallest absolute Gasteiger partial charge is 0.123 e. The minimum atomic E-state index is -0.976. The van der Waals surface area contributed by atoms with Gasteiger partial charge in [0.25, 0.3) is 0 Å². The Kier molecular flexibility index (Phi) is 4.86. The topological polar surface area (TPSA) is 29.5 Å². The molecule has 0 aliphatic carbocycles. The molecule has 4 heteroatoms. The Morgan fingerprint density at radius 1 is 1.14 bits per heavy atom. The van der Waals surface area contributed by atoms with E-state index in [4.69, 9.17) is 16.3 Å². The maximum atomic E-state index is 12.9. The van der Waals surface area contributed by atoms with Gasteiger partial charge in [-0.25, -0.2) is 4.39 Å². The van der Waals surface area contributed by atoms with Gasteiger partial charge in [0.1, 0.15) is 11.6 Å². The van der Waals surface area contributed by atoms with Crippen molar-refractivity contribution in [3.8, 4) is 5.75 Å². The van der Waals surface area contributed by atoms with Crippen LogP contribution in [0.15, 0.2) is 42.5 Å². The van der Waals surface area contributed by atoms with Gasteiger partial charge in [0.2, 0.25) is 0 Å². The van der Waals surface area contributed by atoms with Crippen molar-refractivity contribution in [3.63, 3.8) is 0 Å². The van der Waals surface area contributed by atoms with E-state index in [1.807, 2.05) is 0 Å². The molecule has 1 N–H and O–H groups in total. The Bertz CT molecular complexity index is 609. The molecule has 0 fully saturated rings. The first-order valence-corrected chi connectivity index (χ1v) is 7.07. The minimum Gasteiger partial charge on any atom is -0.496 e. The quantitative estimate of drug-likeness (QED) is 0.904. The van der Waals surface area contributed by atoms with Gasteiger partial charge in [0.05, 0.1) is 12.7 Å². The lowest BCUT2D eigenvalue weighted by atomic mass is 9.89. The summed E-state index contributed by atoms with van der Waals surface area (Å²) in [5.41, 5.74) is 0.745. The third kappa shape index (κ3) is 4.45. The number of hydrogen-bond donors (Lipinski definition) is 1. The highest BCUT2D eigenvalue weighted by Gasteiger charge is 2.23. The van der Waals surface area contributed by atoms with Crippen LogP contribution in [0.1, 0.15) is 18.1 Å². The molecule has 2 rings (SSSR count). The van der Waals surface area contributed by atoms with Gasteiger partial charge < -0.3 is 9.84 Å². The minimum absolute atomic E-state index is 0.282. The number of ether oxygens (including phenoxy) is 1. The van der Waals surface area contributed by atoms with Gasteiger partial charge in [-0.3, -0.25) is 0 Å². The van der Waals surface area contributed by atoms with Gasteiger partial charge in [-0.1, -0.05) is 23.7 Å². The largest absolute Gasteiger partial charge is 0.496 e. The Hall–Kier alpha value is -1.58. The van der Waals surface area contributed by atoms with Gasteiger partial charge in [-0.15, -0.1) is 0 Å². The molecule has 0 spiro atoms. The van der Waals surface area contributed by atoms with Crippen LogP contribution >= 0.6 is 11.6 Å². The molecule has 112 valence electrons. The summed E-state index contributed by atoms with van der Waals surface area (Å²) in [5, 5.41) is 11.2. The molecule has 0 aliphatic heterocycles. The van der Waals surface area contributed by atoms with Crippen molar-refractivity contribution in [3.05, 3.63) is 64.4 Å². The van der Waals surface area contributed by atoms with Gasteiger partial charge >= 0.3 is 0 Å². The zero-order valence-corrected chi connectivity index (χ0v) is 12.8. The van der Waals surface area contributed by atoms with E-state index in [1.165, 1.54) is 12.1 Å². The highest BCUT2D eigenvalue weighted by atomic mass is 35.5. The number of rotatable bonds is 5. The van der Waals surface area contributed by atoms with E-state index in [9.17, 15) is 9.50 Å². The highest BCUT2D eigenvalue weighted by molar-refractivity contribution is 6.30. The molecule has 0 radical (unpaired) electrons. The average molecular weight is 309 g/mol. The lowest BCUT2D eigenvalue weighted by Gasteiger charge is -2.24. The second-order valence-corrected chi connectivity index (χ2v) is 5.87. The number of hydrogen-bond acceptors (Lipinski definition) is 2. The van der Waals surface area contributed by atoms with Gasteiger partial charge in [0, 0.05) is 17.9 Å². The Morgan fingerprint density at radius 3 is 2.43 bits per heavy atom. The van der Waals surface area contributed by atoms with Crippen LogP contribution < -0.4 is 4.74 Å². The number of benzene rings is 2. The van der Waals surface area contributed by atoms with Crippen LogP contribution in [0.5, 0.6) is 5.75 Å². The maximum Gasteiger partial charge on any atom is 0.123 e. The van der Waals surface area contributed by atoms with Gasteiger partial charge in [-0.05, 0) is 48.4 Å². The van der Waals surface area contributed by atoms with E-state index < -0.39 is 5.60 Å². The molecule has 0 heterocycles. The summed E-state index contributed by atoms with van der Waals surface area (Å²) in [7, 11) is 1.58. The van der Waals surface area contributed by atoms with Crippen molar-refractivity contribution in [1.82, 2.24) is 0 Å².